The van der Waals surface area contributed by atoms with Gasteiger partial charge in [0.15, 0.2) is 0 Å². The summed E-state index contributed by atoms with van der Waals surface area (Å²) in [4.78, 5) is 7.40. The van der Waals surface area contributed by atoms with Crippen molar-refractivity contribution < 1.29 is 0 Å². The van der Waals surface area contributed by atoms with Crippen molar-refractivity contribution in [1.82, 2.24) is 9.55 Å². The molecule has 0 aromatic carbocycles. The van der Waals surface area contributed by atoms with Crippen molar-refractivity contribution in [3.05, 3.63) is 33.8 Å². The Kier molecular flexibility index (Phi) is 3.60. The lowest BCUT2D eigenvalue weighted by atomic mass is 10.2. The van der Waals surface area contributed by atoms with Crippen LogP contribution in [0.4, 0.5) is 5.95 Å². The smallest absolute Gasteiger partial charge is 0.203 e. The molecule has 4 heteroatoms. The Hall–Kier alpha value is -1.29. The van der Waals surface area contributed by atoms with E-state index >= 15 is 0 Å². The van der Waals surface area contributed by atoms with Crippen LogP contribution in [0.2, 0.25) is 0 Å². The third kappa shape index (κ3) is 3.00. The third-order valence-corrected chi connectivity index (χ3v) is 4.69. The van der Waals surface area contributed by atoms with Gasteiger partial charge in [-0.05, 0) is 38.8 Å². The number of anilines is 1. The Balaban J connectivity index is 1.76. The maximum absolute atomic E-state index is 4.63. The molecule has 2 aromatic rings. The molecule has 3 nitrogen and oxygen atoms in total. The number of nitrogens with one attached hydrogen (secondary N) is 1. The molecule has 1 N–H and O–H groups in total. The summed E-state index contributed by atoms with van der Waals surface area (Å²) in [6.07, 6.45) is 7.41. The molecule has 0 bridgehead atoms. The molecule has 102 valence electrons. The fourth-order valence-corrected chi connectivity index (χ4v) is 3.66. The Labute approximate surface area is 118 Å². The van der Waals surface area contributed by atoms with Gasteiger partial charge < -0.3 is 9.88 Å². The lowest BCUT2D eigenvalue weighted by Crippen LogP contribution is -2.18. The van der Waals surface area contributed by atoms with E-state index < -0.39 is 0 Å². The maximum atomic E-state index is 4.63. The highest BCUT2D eigenvalue weighted by molar-refractivity contribution is 7.11. The topological polar surface area (TPSA) is 29.9 Å². The number of rotatable bonds is 4. The van der Waals surface area contributed by atoms with Crippen molar-refractivity contribution in [2.24, 2.45) is 0 Å². The minimum Gasteiger partial charge on any atom is -0.353 e. The summed E-state index contributed by atoms with van der Waals surface area (Å²) < 4.78 is 2.25. The Morgan fingerprint density at radius 3 is 2.79 bits per heavy atom. The van der Waals surface area contributed by atoms with E-state index in [1.807, 2.05) is 11.3 Å². The molecule has 0 amide bonds. The molecule has 2 aromatic heterocycles. The van der Waals surface area contributed by atoms with E-state index in [0.717, 1.165) is 18.2 Å². The Morgan fingerprint density at radius 1 is 1.32 bits per heavy atom. The molecule has 1 aliphatic rings. The zero-order chi connectivity index (χ0) is 13.2. The summed E-state index contributed by atoms with van der Waals surface area (Å²) in [5.74, 6) is 1.04. The van der Waals surface area contributed by atoms with Gasteiger partial charge in [-0.15, -0.1) is 11.3 Å². The fourth-order valence-electron chi connectivity index (χ4n) is 2.77. The van der Waals surface area contributed by atoms with Gasteiger partial charge in [-0.2, -0.15) is 0 Å². The first kappa shape index (κ1) is 12.7. The zero-order valence-corrected chi connectivity index (χ0v) is 12.5. The molecule has 0 aliphatic heterocycles. The number of thiophene rings is 1. The summed E-state index contributed by atoms with van der Waals surface area (Å²) in [5, 5.41) is 3.61. The molecule has 0 saturated heterocycles. The number of aryl methyl sites for hydroxylation is 2. The molecule has 0 unspecified atom stereocenters. The van der Waals surface area contributed by atoms with Crippen molar-refractivity contribution in [2.45, 2.75) is 52.1 Å². The molecule has 1 saturated carbocycles. The molecule has 0 atom stereocenters. The lowest BCUT2D eigenvalue weighted by molar-refractivity contribution is 0.719. The van der Waals surface area contributed by atoms with Crippen LogP contribution in [0.5, 0.6) is 0 Å². The lowest BCUT2D eigenvalue weighted by Gasteiger charge is -2.14. The number of hydrogen-bond donors (Lipinski definition) is 1. The molecular formula is C15H21N3S. The normalized spacial score (nSPS) is 16.1. The molecule has 0 radical (unpaired) electrons. The van der Waals surface area contributed by atoms with Gasteiger partial charge in [-0.25, -0.2) is 4.98 Å². The summed E-state index contributed by atoms with van der Waals surface area (Å²) in [5.41, 5.74) is 1.09. The predicted molar refractivity (Wildman–Crippen MR) is 81.0 cm³/mol. The number of hydrogen-bond acceptors (Lipinski definition) is 3. The standard InChI is InChI=1S/C15H21N3S/c1-11-9-18(10-14-8-7-12(2)19-14)15(16-11)17-13-5-3-4-6-13/h7-9,13H,3-6,10H2,1-2H3,(H,16,17). The SMILES string of the molecule is Cc1cn(Cc2ccc(C)s2)c(NC2CCCC2)n1. The number of nitrogens with zero attached hydrogens (tertiary/aromatic N) is 2. The van der Waals surface area contributed by atoms with E-state index in [9.17, 15) is 0 Å². The van der Waals surface area contributed by atoms with E-state index in [1.165, 1.54) is 35.4 Å². The summed E-state index contributed by atoms with van der Waals surface area (Å²) in [7, 11) is 0. The monoisotopic (exact) mass is 275 g/mol. The highest BCUT2D eigenvalue weighted by Gasteiger charge is 2.17. The highest BCUT2D eigenvalue weighted by Crippen LogP contribution is 2.23. The van der Waals surface area contributed by atoms with Crippen LogP contribution in [0.25, 0.3) is 0 Å². The average molecular weight is 275 g/mol. The first-order valence-corrected chi connectivity index (χ1v) is 7.88. The average Bonchev–Trinajstić information content (AvgIpc) is 3.05. The van der Waals surface area contributed by atoms with Crippen LogP contribution in [-0.4, -0.2) is 15.6 Å². The second kappa shape index (κ2) is 5.37. The maximum Gasteiger partial charge on any atom is 0.203 e. The van der Waals surface area contributed by atoms with E-state index in [1.54, 1.807) is 0 Å². The van der Waals surface area contributed by atoms with E-state index in [-0.39, 0.29) is 0 Å². The highest BCUT2D eigenvalue weighted by atomic mass is 32.1. The zero-order valence-electron chi connectivity index (χ0n) is 11.6. The van der Waals surface area contributed by atoms with Crippen LogP contribution in [0.3, 0.4) is 0 Å². The van der Waals surface area contributed by atoms with Crippen molar-refractivity contribution in [3.8, 4) is 0 Å². The molecule has 0 spiro atoms. The largest absolute Gasteiger partial charge is 0.353 e. The van der Waals surface area contributed by atoms with Crippen molar-refractivity contribution >= 4 is 17.3 Å². The second-order valence-electron chi connectivity index (χ2n) is 5.47. The Bertz CT molecular complexity index is 549. The van der Waals surface area contributed by atoms with Crippen molar-refractivity contribution in [2.75, 3.05) is 5.32 Å². The molecule has 19 heavy (non-hydrogen) atoms. The van der Waals surface area contributed by atoms with Crippen LogP contribution in [0.1, 0.15) is 41.1 Å². The quantitative estimate of drug-likeness (QED) is 0.915. The van der Waals surface area contributed by atoms with Crippen molar-refractivity contribution in [1.29, 1.82) is 0 Å². The van der Waals surface area contributed by atoms with E-state index in [0.29, 0.717) is 6.04 Å². The minimum atomic E-state index is 0.616. The van der Waals surface area contributed by atoms with Crippen LogP contribution in [0.15, 0.2) is 18.3 Å². The van der Waals surface area contributed by atoms with Gasteiger partial charge in [0.25, 0.3) is 0 Å². The first-order valence-electron chi connectivity index (χ1n) is 7.06. The Morgan fingerprint density at radius 2 is 2.11 bits per heavy atom. The molecule has 1 fully saturated rings. The third-order valence-electron chi connectivity index (χ3n) is 3.71. The van der Waals surface area contributed by atoms with Gasteiger partial charge in [0.2, 0.25) is 5.95 Å². The second-order valence-corrected chi connectivity index (χ2v) is 6.84. The van der Waals surface area contributed by atoms with Crippen LogP contribution >= 0.6 is 11.3 Å². The van der Waals surface area contributed by atoms with Gasteiger partial charge in [-0.3, -0.25) is 0 Å². The fraction of sp³-hybridized carbons (Fsp3) is 0.533. The van der Waals surface area contributed by atoms with Gasteiger partial charge in [0.05, 0.1) is 12.2 Å². The van der Waals surface area contributed by atoms with Gasteiger partial charge in [-0.1, -0.05) is 12.8 Å². The summed E-state index contributed by atoms with van der Waals surface area (Å²) in [6.45, 7) is 5.15. The summed E-state index contributed by atoms with van der Waals surface area (Å²) in [6, 6.07) is 5.02. The predicted octanol–water partition coefficient (Wildman–Crippen LogP) is 3.96. The minimum absolute atomic E-state index is 0.616. The van der Waals surface area contributed by atoms with Gasteiger partial charge >= 0.3 is 0 Å². The van der Waals surface area contributed by atoms with Crippen LogP contribution < -0.4 is 5.32 Å². The van der Waals surface area contributed by atoms with E-state index in [4.69, 9.17) is 0 Å². The van der Waals surface area contributed by atoms with E-state index in [2.05, 4.69) is 47.0 Å². The van der Waals surface area contributed by atoms with Crippen molar-refractivity contribution in [3.63, 3.8) is 0 Å². The van der Waals surface area contributed by atoms with Crippen LogP contribution in [0, 0.1) is 13.8 Å². The summed E-state index contributed by atoms with van der Waals surface area (Å²) >= 11 is 1.87. The molecule has 2 heterocycles. The number of aromatic nitrogens is 2. The molecule has 1 aliphatic carbocycles. The molecular weight excluding hydrogens is 254 g/mol. The number of imidazole rings is 1. The van der Waals surface area contributed by atoms with Gasteiger partial charge in [0.1, 0.15) is 0 Å². The van der Waals surface area contributed by atoms with Gasteiger partial charge in [0, 0.05) is 22.0 Å². The van der Waals surface area contributed by atoms with Crippen LogP contribution in [-0.2, 0) is 6.54 Å². The first-order chi connectivity index (χ1) is 9.20. The molecule has 3 rings (SSSR count).